The van der Waals surface area contributed by atoms with Gasteiger partial charge < -0.3 is 16.0 Å². The Hall–Kier alpha value is -1.55. The molecule has 104 valence electrons. The van der Waals surface area contributed by atoms with Crippen LogP contribution in [0.4, 0.5) is 11.4 Å². The molecule has 1 heterocycles. The van der Waals surface area contributed by atoms with Gasteiger partial charge in [0.25, 0.3) is 0 Å². The molecule has 0 saturated carbocycles. The van der Waals surface area contributed by atoms with Gasteiger partial charge in [-0.05, 0) is 31.9 Å². The topological polar surface area (TPSA) is 58.4 Å². The molecule has 4 nitrogen and oxygen atoms in total. The summed E-state index contributed by atoms with van der Waals surface area (Å²) in [5.41, 5.74) is 8.71. The summed E-state index contributed by atoms with van der Waals surface area (Å²) in [5, 5.41) is 2.84. The number of fused-ring (bicyclic) bond motifs is 1. The molecule has 2 rings (SSSR count). The van der Waals surface area contributed by atoms with E-state index in [2.05, 4.69) is 44.0 Å². The zero-order valence-electron chi connectivity index (χ0n) is 12.1. The number of anilines is 2. The number of nitrogens with two attached hydrogens (primary N) is 1. The highest BCUT2D eigenvalue weighted by atomic mass is 16.2. The summed E-state index contributed by atoms with van der Waals surface area (Å²) in [4.78, 5) is 13.9. The lowest BCUT2D eigenvalue weighted by molar-refractivity contribution is -0.116. The third-order valence-corrected chi connectivity index (χ3v) is 3.43. The van der Waals surface area contributed by atoms with E-state index in [9.17, 15) is 4.79 Å². The van der Waals surface area contributed by atoms with E-state index in [-0.39, 0.29) is 5.91 Å². The van der Waals surface area contributed by atoms with Gasteiger partial charge >= 0.3 is 0 Å². The second-order valence-corrected chi connectivity index (χ2v) is 5.88. The number of benzene rings is 1. The van der Waals surface area contributed by atoms with Gasteiger partial charge in [0, 0.05) is 29.5 Å². The molecule has 0 aliphatic carbocycles. The average molecular weight is 261 g/mol. The molecular weight excluding hydrogens is 238 g/mol. The Labute approximate surface area is 115 Å². The first-order valence-corrected chi connectivity index (χ1v) is 6.87. The predicted octanol–water partition coefficient (Wildman–Crippen LogP) is 2.51. The number of rotatable bonds is 4. The van der Waals surface area contributed by atoms with Gasteiger partial charge in [-0.2, -0.15) is 0 Å². The molecule has 1 aromatic rings. The number of hydrogen-bond acceptors (Lipinski definition) is 3. The summed E-state index contributed by atoms with van der Waals surface area (Å²) in [6.07, 6.45) is 0. The molecule has 1 aliphatic rings. The minimum Gasteiger partial charge on any atom is -0.369 e. The van der Waals surface area contributed by atoms with Crippen molar-refractivity contribution >= 4 is 17.3 Å². The number of amides is 1. The van der Waals surface area contributed by atoms with Gasteiger partial charge in [-0.15, -0.1) is 0 Å². The summed E-state index contributed by atoms with van der Waals surface area (Å²) in [7, 11) is 0. The Bertz CT molecular complexity index is 482. The van der Waals surface area contributed by atoms with E-state index in [4.69, 9.17) is 5.73 Å². The molecule has 0 saturated heterocycles. The SMILES string of the molecule is CC(C)CN(c1ccc2c(c1)NC(=O)C2N)C(C)C. The van der Waals surface area contributed by atoms with Crippen LogP contribution < -0.4 is 16.0 Å². The highest BCUT2D eigenvalue weighted by molar-refractivity contribution is 6.02. The number of nitrogens with zero attached hydrogens (tertiary/aromatic N) is 1. The van der Waals surface area contributed by atoms with Crippen molar-refractivity contribution in [2.45, 2.75) is 39.8 Å². The van der Waals surface area contributed by atoms with Crippen LogP contribution in [0.3, 0.4) is 0 Å². The maximum absolute atomic E-state index is 11.6. The molecule has 0 bridgehead atoms. The molecule has 1 amide bonds. The van der Waals surface area contributed by atoms with Crippen molar-refractivity contribution in [3.63, 3.8) is 0 Å². The molecule has 0 spiro atoms. The molecular formula is C15H23N3O. The normalized spacial score (nSPS) is 17.8. The predicted molar refractivity (Wildman–Crippen MR) is 79.3 cm³/mol. The van der Waals surface area contributed by atoms with Gasteiger partial charge in [0.15, 0.2) is 0 Å². The third kappa shape index (κ3) is 2.73. The van der Waals surface area contributed by atoms with Gasteiger partial charge in [0.1, 0.15) is 6.04 Å². The van der Waals surface area contributed by atoms with Crippen molar-refractivity contribution < 1.29 is 4.79 Å². The van der Waals surface area contributed by atoms with Crippen LogP contribution in [0.15, 0.2) is 18.2 Å². The van der Waals surface area contributed by atoms with Crippen molar-refractivity contribution in [3.8, 4) is 0 Å². The highest BCUT2D eigenvalue weighted by Gasteiger charge is 2.27. The molecule has 1 aromatic carbocycles. The van der Waals surface area contributed by atoms with Crippen LogP contribution in [-0.4, -0.2) is 18.5 Å². The van der Waals surface area contributed by atoms with Crippen LogP contribution >= 0.6 is 0 Å². The fourth-order valence-electron chi connectivity index (χ4n) is 2.46. The Balaban J connectivity index is 2.31. The first kappa shape index (κ1) is 13.9. The molecule has 3 N–H and O–H groups in total. The zero-order chi connectivity index (χ0) is 14.2. The fourth-order valence-corrected chi connectivity index (χ4v) is 2.46. The van der Waals surface area contributed by atoms with Crippen molar-refractivity contribution in [3.05, 3.63) is 23.8 Å². The second-order valence-electron chi connectivity index (χ2n) is 5.88. The maximum Gasteiger partial charge on any atom is 0.245 e. The zero-order valence-corrected chi connectivity index (χ0v) is 12.1. The van der Waals surface area contributed by atoms with E-state index in [1.165, 1.54) is 0 Å². The maximum atomic E-state index is 11.6. The minimum absolute atomic E-state index is 0.118. The van der Waals surface area contributed by atoms with Crippen LogP contribution in [0, 0.1) is 5.92 Å². The summed E-state index contributed by atoms with van der Waals surface area (Å²) in [6, 6.07) is 5.94. The minimum atomic E-state index is -0.526. The average Bonchev–Trinajstić information content (AvgIpc) is 2.61. The summed E-state index contributed by atoms with van der Waals surface area (Å²) >= 11 is 0. The van der Waals surface area contributed by atoms with E-state index >= 15 is 0 Å². The van der Waals surface area contributed by atoms with E-state index in [1.54, 1.807) is 0 Å². The Morgan fingerprint density at radius 2 is 2.00 bits per heavy atom. The molecule has 4 heteroatoms. The van der Waals surface area contributed by atoms with E-state index < -0.39 is 6.04 Å². The Morgan fingerprint density at radius 3 is 2.58 bits per heavy atom. The van der Waals surface area contributed by atoms with Crippen LogP contribution in [0.1, 0.15) is 39.3 Å². The van der Waals surface area contributed by atoms with Crippen molar-refractivity contribution in [1.82, 2.24) is 0 Å². The Kier molecular flexibility index (Phi) is 3.80. The lowest BCUT2D eigenvalue weighted by atomic mass is 10.1. The highest BCUT2D eigenvalue weighted by Crippen LogP contribution is 2.33. The Morgan fingerprint density at radius 1 is 1.32 bits per heavy atom. The monoisotopic (exact) mass is 261 g/mol. The molecule has 0 aromatic heterocycles. The number of hydrogen-bond donors (Lipinski definition) is 2. The van der Waals surface area contributed by atoms with Crippen molar-refractivity contribution in [2.75, 3.05) is 16.8 Å². The summed E-state index contributed by atoms with van der Waals surface area (Å²) in [5.74, 6) is 0.472. The molecule has 1 unspecified atom stereocenters. The van der Waals surface area contributed by atoms with Crippen LogP contribution in [-0.2, 0) is 4.79 Å². The standard InChI is InChI=1S/C15H23N3O/c1-9(2)8-18(10(3)4)11-5-6-12-13(7-11)17-15(19)14(12)16/h5-7,9-10,14H,8,16H2,1-4H3,(H,17,19). The number of nitrogens with one attached hydrogen (secondary N) is 1. The molecule has 0 radical (unpaired) electrons. The van der Waals surface area contributed by atoms with Gasteiger partial charge in [-0.3, -0.25) is 4.79 Å². The fraction of sp³-hybridized carbons (Fsp3) is 0.533. The lowest BCUT2D eigenvalue weighted by Gasteiger charge is -2.31. The molecule has 0 fully saturated rings. The van der Waals surface area contributed by atoms with Gasteiger partial charge in [-0.25, -0.2) is 0 Å². The van der Waals surface area contributed by atoms with E-state index in [0.29, 0.717) is 12.0 Å². The first-order valence-electron chi connectivity index (χ1n) is 6.87. The van der Waals surface area contributed by atoms with Gasteiger partial charge in [0.2, 0.25) is 5.91 Å². The summed E-state index contributed by atoms with van der Waals surface area (Å²) in [6.45, 7) is 9.77. The molecule has 1 aliphatic heterocycles. The van der Waals surface area contributed by atoms with Crippen LogP contribution in [0.25, 0.3) is 0 Å². The third-order valence-electron chi connectivity index (χ3n) is 3.43. The summed E-state index contributed by atoms with van der Waals surface area (Å²) < 4.78 is 0. The van der Waals surface area contributed by atoms with E-state index in [1.807, 2.05) is 12.1 Å². The first-order chi connectivity index (χ1) is 8.90. The smallest absolute Gasteiger partial charge is 0.245 e. The largest absolute Gasteiger partial charge is 0.369 e. The van der Waals surface area contributed by atoms with Crippen LogP contribution in [0.2, 0.25) is 0 Å². The lowest BCUT2D eigenvalue weighted by Crippen LogP contribution is -2.34. The second kappa shape index (κ2) is 5.21. The quantitative estimate of drug-likeness (QED) is 0.875. The number of carbonyl (C=O) groups is 1. The van der Waals surface area contributed by atoms with Gasteiger partial charge in [-0.1, -0.05) is 19.9 Å². The van der Waals surface area contributed by atoms with Crippen molar-refractivity contribution in [2.24, 2.45) is 11.7 Å². The number of carbonyl (C=O) groups excluding carboxylic acids is 1. The van der Waals surface area contributed by atoms with E-state index in [0.717, 1.165) is 23.5 Å². The van der Waals surface area contributed by atoms with Crippen LogP contribution in [0.5, 0.6) is 0 Å². The molecule has 1 atom stereocenters. The van der Waals surface area contributed by atoms with Crippen molar-refractivity contribution in [1.29, 1.82) is 0 Å². The van der Waals surface area contributed by atoms with Gasteiger partial charge in [0.05, 0.1) is 0 Å². The molecule has 19 heavy (non-hydrogen) atoms.